The summed E-state index contributed by atoms with van der Waals surface area (Å²) in [5.74, 6) is -0.333. The molecule has 2 aromatic rings. The first-order valence-corrected chi connectivity index (χ1v) is 6.23. The van der Waals surface area contributed by atoms with E-state index in [9.17, 15) is 4.39 Å². The number of aryl methyl sites for hydroxylation is 2. The SMILES string of the molecule is NC(c1ccc2c(c1)CCC2)c1ccc(F)cn1. The Balaban J connectivity index is 1.92. The molecule has 0 spiro atoms. The third-order valence-corrected chi connectivity index (χ3v) is 3.55. The first kappa shape index (κ1) is 11.4. The Morgan fingerprint density at radius 1 is 1.11 bits per heavy atom. The van der Waals surface area contributed by atoms with Gasteiger partial charge in [0.25, 0.3) is 0 Å². The largest absolute Gasteiger partial charge is 0.319 e. The van der Waals surface area contributed by atoms with Crippen LogP contribution in [0.5, 0.6) is 0 Å². The smallest absolute Gasteiger partial charge is 0.141 e. The standard InChI is InChI=1S/C15H15FN2/c16-13-6-7-14(18-9-13)15(17)12-5-4-10-2-1-3-11(10)8-12/h4-9,15H,1-3,17H2. The Bertz CT molecular complexity index is 563. The van der Waals surface area contributed by atoms with E-state index in [-0.39, 0.29) is 11.9 Å². The van der Waals surface area contributed by atoms with Crippen LogP contribution in [-0.2, 0) is 12.8 Å². The molecule has 0 radical (unpaired) electrons. The summed E-state index contributed by atoms with van der Waals surface area (Å²) in [5.41, 5.74) is 10.8. The number of fused-ring (bicyclic) bond motifs is 1. The van der Waals surface area contributed by atoms with Gasteiger partial charge < -0.3 is 5.73 Å². The van der Waals surface area contributed by atoms with Gasteiger partial charge in [-0.15, -0.1) is 0 Å². The lowest BCUT2D eigenvalue weighted by Gasteiger charge is -2.13. The summed E-state index contributed by atoms with van der Waals surface area (Å²) in [7, 11) is 0. The maximum atomic E-state index is 12.8. The minimum Gasteiger partial charge on any atom is -0.319 e. The molecular weight excluding hydrogens is 227 g/mol. The molecule has 2 N–H and O–H groups in total. The second-order valence-corrected chi connectivity index (χ2v) is 4.76. The lowest BCUT2D eigenvalue weighted by Crippen LogP contribution is -2.13. The van der Waals surface area contributed by atoms with Gasteiger partial charge >= 0.3 is 0 Å². The second kappa shape index (κ2) is 4.50. The third-order valence-electron chi connectivity index (χ3n) is 3.55. The lowest BCUT2D eigenvalue weighted by molar-refractivity contribution is 0.617. The number of nitrogens with zero attached hydrogens (tertiary/aromatic N) is 1. The molecule has 1 aliphatic rings. The maximum absolute atomic E-state index is 12.8. The van der Waals surface area contributed by atoms with Gasteiger partial charge in [0.15, 0.2) is 0 Å². The number of hydrogen-bond acceptors (Lipinski definition) is 2. The van der Waals surface area contributed by atoms with Crippen molar-refractivity contribution in [2.75, 3.05) is 0 Å². The van der Waals surface area contributed by atoms with Crippen LogP contribution in [0.2, 0.25) is 0 Å². The molecule has 18 heavy (non-hydrogen) atoms. The summed E-state index contributed by atoms with van der Waals surface area (Å²) in [6, 6.07) is 9.14. The van der Waals surface area contributed by atoms with Crippen molar-refractivity contribution in [1.29, 1.82) is 0 Å². The van der Waals surface area contributed by atoms with Crippen molar-refractivity contribution in [2.45, 2.75) is 25.3 Å². The molecule has 0 saturated carbocycles. The molecule has 2 nitrogen and oxygen atoms in total. The maximum Gasteiger partial charge on any atom is 0.141 e. The highest BCUT2D eigenvalue weighted by Gasteiger charge is 2.15. The van der Waals surface area contributed by atoms with Gasteiger partial charge in [0.2, 0.25) is 0 Å². The fraction of sp³-hybridized carbons (Fsp3) is 0.267. The van der Waals surface area contributed by atoms with E-state index in [2.05, 4.69) is 23.2 Å². The first-order chi connectivity index (χ1) is 8.74. The number of aromatic nitrogens is 1. The van der Waals surface area contributed by atoms with E-state index in [4.69, 9.17) is 5.73 Å². The predicted octanol–water partition coefficient (Wildman–Crippen LogP) is 2.76. The van der Waals surface area contributed by atoms with Crippen LogP contribution >= 0.6 is 0 Å². The molecule has 1 aliphatic carbocycles. The zero-order valence-electron chi connectivity index (χ0n) is 10.1. The van der Waals surface area contributed by atoms with Crippen molar-refractivity contribution in [2.24, 2.45) is 5.73 Å². The molecule has 0 saturated heterocycles. The number of rotatable bonds is 2. The highest BCUT2D eigenvalue weighted by molar-refractivity contribution is 5.38. The molecule has 0 aliphatic heterocycles. The Hall–Kier alpha value is -1.74. The fourth-order valence-electron chi connectivity index (χ4n) is 2.53. The van der Waals surface area contributed by atoms with E-state index in [1.165, 1.54) is 36.2 Å². The van der Waals surface area contributed by atoms with Crippen LogP contribution in [0, 0.1) is 5.82 Å². The van der Waals surface area contributed by atoms with E-state index in [0.29, 0.717) is 5.69 Å². The van der Waals surface area contributed by atoms with E-state index in [1.54, 1.807) is 6.07 Å². The number of benzene rings is 1. The fourth-order valence-corrected chi connectivity index (χ4v) is 2.53. The van der Waals surface area contributed by atoms with Crippen molar-refractivity contribution in [3.63, 3.8) is 0 Å². The predicted molar refractivity (Wildman–Crippen MR) is 68.7 cm³/mol. The average molecular weight is 242 g/mol. The highest BCUT2D eigenvalue weighted by atomic mass is 19.1. The summed E-state index contributed by atoms with van der Waals surface area (Å²) in [4.78, 5) is 4.05. The van der Waals surface area contributed by atoms with Gasteiger partial charge in [0.1, 0.15) is 5.82 Å². The summed E-state index contributed by atoms with van der Waals surface area (Å²) >= 11 is 0. The van der Waals surface area contributed by atoms with Crippen LogP contribution < -0.4 is 5.73 Å². The number of pyridine rings is 1. The van der Waals surface area contributed by atoms with Gasteiger partial charge in [-0.2, -0.15) is 0 Å². The molecule has 1 unspecified atom stereocenters. The minimum atomic E-state index is -0.333. The lowest BCUT2D eigenvalue weighted by atomic mass is 9.99. The molecule has 1 aromatic heterocycles. The minimum absolute atomic E-state index is 0.281. The van der Waals surface area contributed by atoms with E-state index >= 15 is 0 Å². The Morgan fingerprint density at radius 2 is 1.94 bits per heavy atom. The normalized spacial score (nSPS) is 15.4. The van der Waals surface area contributed by atoms with Crippen LogP contribution in [0.15, 0.2) is 36.5 Å². The zero-order chi connectivity index (χ0) is 12.5. The summed E-state index contributed by atoms with van der Waals surface area (Å²) in [6.07, 6.45) is 4.73. The van der Waals surface area contributed by atoms with Gasteiger partial charge in [0, 0.05) is 0 Å². The van der Waals surface area contributed by atoms with Crippen LogP contribution in [0.4, 0.5) is 4.39 Å². The molecule has 0 amide bonds. The Labute approximate surface area is 106 Å². The topological polar surface area (TPSA) is 38.9 Å². The molecule has 3 heteroatoms. The first-order valence-electron chi connectivity index (χ1n) is 6.23. The molecule has 0 fully saturated rings. The highest BCUT2D eigenvalue weighted by Crippen LogP contribution is 2.26. The third kappa shape index (κ3) is 2.02. The Kier molecular flexibility index (Phi) is 2.84. The molecule has 3 rings (SSSR count). The van der Waals surface area contributed by atoms with Gasteiger partial charge in [-0.1, -0.05) is 18.2 Å². The van der Waals surface area contributed by atoms with Gasteiger partial charge in [-0.05, 0) is 48.1 Å². The van der Waals surface area contributed by atoms with Crippen molar-refractivity contribution < 1.29 is 4.39 Å². The quantitative estimate of drug-likeness (QED) is 0.879. The molecule has 92 valence electrons. The number of halogens is 1. The van der Waals surface area contributed by atoms with Crippen molar-refractivity contribution in [3.05, 3.63) is 64.7 Å². The molecule has 0 bridgehead atoms. The molecule has 1 aromatic carbocycles. The van der Waals surface area contributed by atoms with Crippen molar-refractivity contribution >= 4 is 0 Å². The van der Waals surface area contributed by atoms with E-state index in [1.807, 2.05) is 0 Å². The van der Waals surface area contributed by atoms with Crippen LogP contribution in [0.1, 0.15) is 34.8 Å². The Morgan fingerprint density at radius 3 is 2.72 bits per heavy atom. The zero-order valence-corrected chi connectivity index (χ0v) is 10.1. The average Bonchev–Trinajstić information content (AvgIpc) is 2.86. The van der Waals surface area contributed by atoms with Gasteiger partial charge in [-0.3, -0.25) is 4.98 Å². The van der Waals surface area contributed by atoms with E-state index < -0.39 is 0 Å². The number of nitrogens with two attached hydrogens (primary N) is 1. The summed E-state index contributed by atoms with van der Waals surface area (Å²) in [6.45, 7) is 0. The van der Waals surface area contributed by atoms with Gasteiger partial charge in [0.05, 0.1) is 17.9 Å². The van der Waals surface area contributed by atoms with Crippen molar-refractivity contribution in [1.82, 2.24) is 4.98 Å². The van der Waals surface area contributed by atoms with Crippen LogP contribution in [0.25, 0.3) is 0 Å². The molecular formula is C15H15FN2. The van der Waals surface area contributed by atoms with E-state index in [0.717, 1.165) is 12.0 Å². The monoisotopic (exact) mass is 242 g/mol. The molecule has 1 atom stereocenters. The van der Waals surface area contributed by atoms with Gasteiger partial charge in [-0.25, -0.2) is 4.39 Å². The summed E-state index contributed by atoms with van der Waals surface area (Å²) in [5, 5.41) is 0. The van der Waals surface area contributed by atoms with Crippen LogP contribution in [-0.4, -0.2) is 4.98 Å². The van der Waals surface area contributed by atoms with Crippen LogP contribution in [0.3, 0.4) is 0 Å². The molecule has 1 heterocycles. The second-order valence-electron chi connectivity index (χ2n) is 4.76. The van der Waals surface area contributed by atoms with Crippen molar-refractivity contribution in [3.8, 4) is 0 Å². The summed E-state index contributed by atoms with van der Waals surface area (Å²) < 4.78 is 12.8. The number of hydrogen-bond donors (Lipinski definition) is 1.